The van der Waals surface area contributed by atoms with Gasteiger partial charge in [-0.3, -0.25) is 4.79 Å². The molecular formula is C26H24BrNO3. The van der Waals surface area contributed by atoms with Crippen molar-refractivity contribution < 1.29 is 14.3 Å². The van der Waals surface area contributed by atoms with E-state index in [2.05, 4.69) is 57.6 Å². The fraction of sp³-hybridized carbons (Fsp3) is 0.269. The van der Waals surface area contributed by atoms with Gasteiger partial charge in [-0.1, -0.05) is 52.3 Å². The van der Waals surface area contributed by atoms with Gasteiger partial charge in [0.05, 0.1) is 7.11 Å². The van der Waals surface area contributed by atoms with Crippen LogP contribution >= 0.6 is 15.9 Å². The molecule has 0 saturated carbocycles. The van der Waals surface area contributed by atoms with Gasteiger partial charge in [0.2, 0.25) is 11.6 Å². The van der Waals surface area contributed by atoms with Gasteiger partial charge in [-0.15, -0.1) is 0 Å². The molecule has 0 unspecified atom stereocenters. The van der Waals surface area contributed by atoms with E-state index in [9.17, 15) is 4.79 Å². The summed E-state index contributed by atoms with van der Waals surface area (Å²) in [6.07, 6.45) is 1.85. The number of fused-ring (bicyclic) bond motifs is 4. The van der Waals surface area contributed by atoms with Crippen molar-refractivity contribution in [2.45, 2.75) is 31.4 Å². The Labute approximate surface area is 190 Å². The summed E-state index contributed by atoms with van der Waals surface area (Å²) in [6, 6.07) is 22.7. The van der Waals surface area contributed by atoms with Crippen LogP contribution < -0.4 is 14.8 Å². The number of aryl methyl sites for hydroxylation is 1. The Bertz CT molecular complexity index is 1140. The Hall–Kier alpha value is -2.79. The molecule has 0 spiro atoms. The SMILES string of the molecule is COc1ccc([C@@H]2c3cc(Br)ccc3O[C@@]3(NC(C)=O)c4ccccc4CC[C@@H]23)cc1. The molecular weight excluding hydrogens is 454 g/mol. The largest absolute Gasteiger partial charge is 0.497 e. The number of benzene rings is 3. The Morgan fingerprint density at radius 1 is 1.13 bits per heavy atom. The van der Waals surface area contributed by atoms with Gasteiger partial charge < -0.3 is 14.8 Å². The average molecular weight is 478 g/mol. The van der Waals surface area contributed by atoms with E-state index in [1.54, 1.807) is 14.0 Å². The van der Waals surface area contributed by atoms with E-state index < -0.39 is 5.72 Å². The van der Waals surface area contributed by atoms with Crippen LogP contribution in [-0.4, -0.2) is 13.0 Å². The third-order valence-electron chi connectivity index (χ3n) is 6.48. The molecule has 0 fully saturated rings. The number of hydrogen-bond donors (Lipinski definition) is 1. The van der Waals surface area contributed by atoms with Gasteiger partial charge in [-0.25, -0.2) is 0 Å². The fourth-order valence-corrected chi connectivity index (χ4v) is 5.64. The lowest BCUT2D eigenvalue weighted by Crippen LogP contribution is -2.60. The Kier molecular flexibility index (Phi) is 5.01. The highest BCUT2D eigenvalue weighted by atomic mass is 79.9. The van der Waals surface area contributed by atoms with Crippen molar-refractivity contribution in [2.75, 3.05) is 7.11 Å². The fourth-order valence-electron chi connectivity index (χ4n) is 5.26. The van der Waals surface area contributed by atoms with Gasteiger partial charge >= 0.3 is 0 Å². The van der Waals surface area contributed by atoms with Gasteiger partial charge in [-0.2, -0.15) is 0 Å². The first-order valence-electron chi connectivity index (χ1n) is 10.5. The number of nitrogens with one attached hydrogen (secondary N) is 1. The lowest BCUT2D eigenvalue weighted by atomic mass is 9.65. The number of methoxy groups -OCH3 is 1. The van der Waals surface area contributed by atoms with Crippen molar-refractivity contribution in [3.8, 4) is 11.5 Å². The van der Waals surface area contributed by atoms with E-state index >= 15 is 0 Å². The van der Waals surface area contributed by atoms with Crippen LogP contribution in [0.3, 0.4) is 0 Å². The highest BCUT2D eigenvalue weighted by Crippen LogP contribution is 2.55. The second-order valence-corrected chi connectivity index (χ2v) is 9.17. The molecule has 1 heterocycles. The quantitative estimate of drug-likeness (QED) is 0.538. The van der Waals surface area contributed by atoms with Crippen LogP contribution in [0, 0.1) is 5.92 Å². The summed E-state index contributed by atoms with van der Waals surface area (Å²) in [7, 11) is 1.68. The van der Waals surface area contributed by atoms with E-state index in [0.717, 1.165) is 39.9 Å². The smallest absolute Gasteiger partial charge is 0.220 e. The summed E-state index contributed by atoms with van der Waals surface area (Å²) in [5, 5.41) is 3.23. The zero-order chi connectivity index (χ0) is 21.6. The first-order valence-corrected chi connectivity index (χ1v) is 11.3. The van der Waals surface area contributed by atoms with Crippen molar-refractivity contribution in [1.29, 1.82) is 0 Å². The predicted octanol–water partition coefficient (Wildman–Crippen LogP) is 5.53. The van der Waals surface area contributed by atoms with Crippen LogP contribution in [0.4, 0.5) is 0 Å². The lowest BCUT2D eigenvalue weighted by Gasteiger charge is -2.52. The molecule has 5 rings (SSSR count). The lowest BCUT2D eigenvalue weighted by molar-refractivity contribution is -0.132. The van der Waals surface area contributed by atoms with Gasteiger partial charge in [0.25, 0.3) is 0 Å². The summed E-state index contributed by atoms with van der Waals surface area (Å²) >= 11 is 3.64. The molecule has 3 aromatic carbocycles. The van der Waals surface area contributed by atoms with E-state index in [1.165, 1.54) is 11.1 Å². The zero-order valence-electron chi connectivity index (χ0n) is 17.5. The number of carbonyl (C=O) groups excluding carboxylic acids is 1. The Morgan fingerprint density at radius 3 is 2.65 bits per heavy atom. The molecule has 4 nitrogen and oxygen atoms in total. The number of carbonyl (C=O) groups is 1. The average Bonchev–Trinajstić information content (AvgIpc) is 2.77. The van der Waals surface area contributed by atoms with Crippen molar-refractivity contribution in [3.05, 3.63) is 93.5 Å². The van der Waals surface area contributed by atoms with Crippen molar-refractivity contribution in [2.24, 2.45) is 5.92 Å². The Morgan fingerprint density at radius 2 is 1.90 bits per heavy atom. The molecule has 3 atom stereocenters. The van der Waals surface area contributed by atoms with Crippen LogP contribution in [0.5, 0.6) is 11.5 Å². The third-order valence-corrected chi connectivity index (χ3v) is 6.97. The standard InChI is InChI=1S/C26H24BrNO3/c1-16(29)28-26-22-6-4-3-5-17(22)9-13-23(26)25(18-7-11-20(30-2)12-8-18)21-15-19(27)10-14-24(21)31-26/h3-8,10-12,14-15,23,25H,9,13H2,1-2H3,(H,28,29)/t23-,25+,26-/m0/s1. The second kappa shape index (κ2) is 7.72. The van der Waals surface area contributed by atoms with E-state index in [1.807, 2.05) is 30.3 Å². The van der Waals surface area contributed by atoms with Crippen LogP contribution in [0.1, 0.15) is 41.5 Å². The number of halogens is 1. The van der Waals surface area contributed by atoms with Gasteiger partial charge in [0.1, 0.15) is 11.5 Å². The minimum absolute atomic E-state index is 0.0431. The summed E-state index contributed by atoms with van der Waals surface area (Å²) < 4.78 is 13.1. The molecule has 1 aliphatic heterocycles. The maximum absolute atomic E-state index is 12.4. The molecule has 0 bridgehead atoms. The van der Waals surface area contributed by atoms with Crippen LogP contribution in [0.15, 0.2) is 71.2 Å². The molecule has 0 radical (unpaired) electrons. The van der Waals surface area contributed by atoms with Crippen molar-refractivity contribution in [3.63, 3.8) is 0 Å². The number of hydrogen-bond acceptors (Lipinski definition) is 3. The van der Waals surface area contributed by atoms with Gasteiger partial charge in [-0.05, 0) is 54.3 Å². The number of amides is 1. The molecule has 158 valence electrons. The molecule has 1 N–H and O–H groups in total. The normalized spacial score (nSPS) is 23.6. The van der Waals surface area contributed by atoms with E-state index in [4.69, 9.17) is 9.47 Å². The molecule has 5 heteroatoms. The third kappa shape index (κ3) is 3.32. The monoisotopic (exact) mass is 477 g/mol. The maximum Gasteiger partial charge on any atom is 0.220 e. The predicted molar refractivity (Wildman–Crippen MR) is 123 cm³/mol. The second-order valence-electron chi connectivity index (χ2n) is 8.25. The minimum atomic E-state index is -0.911. The van der Waals surface area contributed by atoms with Crippen molar-refractivity contribution in [1.82, 2.24) is 5.32 Å². The van der Waals surface area contributed by atoms with E-state index in [0.29, 0.717) is 0 Å². The first kappa shape index (κ1) is 20.1. The van der Waals surface area contributed by atoms with Gasteiger partial charge in [0, 0.05) is 34.4 Å². The topological polar surface area (TPSA) is 47.6 Å². The molecule has 2 aliphatic rings. The summed E-state index contributed by atoms with van der Waals surface area (Å²) in [5.41, 5.74) is 3.68. The minimum Gasteiger partial charge on any atom is -0.497 e. The summed E-state index contributed by atoms with van der Waals surface area (Å²) in [6.45, 7) is 1.56. The molecule has 3 aromatic rings. The molecule has 0 saturated heterocycles. The Balaban J connectivity index is 1.75. The van der Waals surface area contributed by atoms with Crippen LogP contribution in [0.2, 0.25) is 0 Å². The maximum atomic E-state index is 12.4. The van der Waals surface area contributed by atoms with Gasteiger partial charge in [0.15, 0.2) is 0 Å². The molecule has 1 aliphatic carbocycles. The highest BCUT2D eigenvalue weighted by molar-refractivity contribution is 9.10. The van der Waals surface area contributed by atoms with Crippen LogP contribution in [-0.2, 0) is 16.9 Å². The van der Waals surface area contributed by atoms with Crippen LogP contribution in [0.25, 0.3) is 0 Å². The summed E-state index contributed by atoms with van der Waals surface area (Å²) in [4.78, 5) is 12.4. The number of ether oxygens (including phenoxy) is 2. The number of rotatable bonds is 3. The summed E-state index contributed by atoms with van der Waals surface area (Å²) in [5.74, 6) is 1.63. The zero-order valence-corrected chi connectivity index (χ0v) is 19.1. The molecule has 1 amide bonds. The van der Waals surface area contributed by atoms with E-state index in [-0.39, 0.29) is 17.7 Å². The molecule has 0 aromatic heterocycles. The highest BCUT2D eigenvalue weighted by Gasteiger charge is 2.54. The van der Waals surface area contributed by atoms with Crippen molar-refractivity contribution >= 4 is 21.8 Å². The molecule has 31 heavy (non-hydrogen) atoms. The first-order chi connectivity index (χ1) is 15.0.